The van der Waals surface area contributed by atoms with Crippen molar-refractivity contribution in [1.29, 1.82) is 0 Å². The Morgan fingerprint density at radius 3 is 1.67 bits per heavy atom. The second-order valence-electron chi connectivity index (χ2n) is 0.816. The minimum absolute atomic E-state index is 0. The third-order valence-electron chi connectivity index (χ3n) is 0.408. The van der Waals surface area contributed by atoms with Gasteiger partial charge in [-0.25, -0.2) is 0 Å². The van der Waals surface area contributed by atoms with E-state index in [2.05, 4.69) is 20.3 Å². The van der Waals surface area contributed by atoms with Gasteiger partial charge in [0.25, 0.3) is 0 Å². The molecule has 0 amide bonds. The maximum Gasteiger partial charge on any atom is 1.00 e. The monoisotopic (exact) mass is 72.1 g/mol. The van der Waals surface area contributed by atoms with Crippen molar-refractivity contribution in [2.45, 2.75) is 20.3 Å². The van der Waals surface area contributed by atoms with E-state index in [1.807, 2.05) is 0 Å². The molecular weight excluding hydrogens is 61.9 g/mol. The van der Waals surface area contributed by atoms with Gasteiger partial charge in [0.15, 0.2) is 0 Å². The Hall–Kier alpha value is 1.19. The molecule has 28 valence electrons. The average Bonchev–Trinajstić information content (AvgIpc) is 1.37. The second kappa shape index (κ2) is 16.4. The van der Waals surface area contributed by atoms with Crippen molar-refractivity contribution in [2.24, 2.45) is 0 Å². The molecule has 0 atom stereocenters. The van der Waals surface area contributed by atoms with Crippen LogP contribution in [0.15, 0.2) is 0 Å². The summed E-state index contributed by atoms with van der Waals surface area (Å²) in [5.74, 6) is 0. The van der Waals surface area contributed by atoms with Crippen LogP contribution in [-0.2, 0) is 0 Å². The van der Waals surface area contributed by atoms with Crippen LogP contribution in [0, 0.1) is 6.42 Å². The summed E-state index contributed by atoms with van der Waals surface area (Å²) in [7, 11) is 0. The Morgan fingerprint density at radius 1 is 1.50 bits per heavy atom. The molecule has 2 heteroatoms. The van der Waals surface area contributed by atoms with E-state index in [1.54, 1.807) is 0 Å². The molecule has 0 aromatic carbocycles. The van der Waals surface area contributed by atoms with E-state index in [1.165, 1.54) is 6.42 Å². The molecule has 0 N–H and O–H groups in total. The van der Waals surface area contributed by atoms with Crippen molar-refractivity contribution < 1.29 is 39.1 Å². The molecule has 0 saturated heterocycles. The number of unbranched alkanes of at least 4 members (excludes halogenated alkanes) is 1. The molecule has 0 spiro atoms. The maximum atomic E-state index is 2.12. The first kappa shape index (κ1) is 15.7. The smallest absolute Gasteiger partial charge is 1.00 e. The van der Waals surface area contributed by atoms with Crippen LogP contribution in [0.25, 0.3) is 0 Å². The van der Waals surface area contributed by atoms with E-state index in [0.717, 1.165) is 0 Å². The second-order valence-corrected chi connectivity index (χ2v) is 0.816. The first-order valence-electron chi connectivity index (χ1n) is 1.69. The van der Waals surface area contributed by atoms with E-state index in [-0.39, 0.29) is 39.1 Å². The molecule has 0 aliphatic carbocycles. The zero-order chi connectivity index (χ0) is 3.41. The Bertz CT molecular complexity index is 11.7. The summed E-state index contributed by atoms with van der Waals surface area (Å²) in [6, 6.07) is 0. The van der Waals surface area contributed by atoms with Gasteiger partial charge < -0.3 is 7.85 Å². The molecule has 0 radical (unpaired) electrons. The van der Waals surface area contributed by atoms with E-state index in [9.17, 15) is 0 Å². The first-order valence-corrected chi connectivity index (χ1v) is 1.69. The summed E-state index contributed by atoms with van der Waals surface area (Å²) >= 11 is 0. The molecule has 0 aliphatic heterocycles. The summed E-state index contributed by atoms with van der Waals surface area (Å²) in [6.45, 7) is 4.18. The van der Waals surface area contributed by atoms with Crippen molar-refractivity contribution in [2.75, 3.05) is 0 Å². The van der Waals surface area contributed by atoms with Gasteiger partial charge in [-0.2, -0.15) is 13.3 Å². The molecular formula is C4H10Li2. The minimum Gasteiger partial charge on any atom is -1.00 e. The molecule has 0 unspecified atom stereocenters. The zero-order valence-corrected chi connectivity index (χ0v) is 5.28. The van der Waals surface area contributed by atoms with Gasteiger partial charge in [0.05, 0.1) is 0 Å². The first-order chi connectivity index (χ1) is 1.91. The van der Waals surface area contributed by atoms with Crippen LogP contribution in [0.4, 0.5) is 0 Å². The predicted octanol–water partition coefficient (Wildman–Crippen LogP) is -4.26. The fraction of sp³-hybridized carbons (Fsp3) is 0.750. The number of hydrogen-bond acceptors (Lipinski definition) is 0. The number of hydrogen-bond donors (Lipinski definition) is 0. The summed E-state index contributed by atoms with van der Waals surface area (Å²) in [5.41, 5.74) is 0. The third-order valence-corrected chi connectivity index (χ3v) is 0.408. The molecule has 0 aromatic heterocycles. The molecule has 0 rings (SSSR count). The van der Waals surface area contributed by atoms with Crippen molar-refractivity contribution >= 4 is 0 Å². The molecule has 0 fully saturated rings. The van der Waals surface area contributed by atoms with Crippen molar-refractivity contribution in [3.8, 4) is 0 Å². The van der Waals surface area contributed by atoms with Crippen LogP contribution in [0.5, 0.6) is 0 Å². The van der Waals surface area contributed by atoms with Gasteiger partial charge in [-0.1, -0.05) is 6.92 Å². The van der Waals surface area contributed by atoms with Crippen LogP contribution in [0.1, 0.15) is 21.7 Å². The Kier molecular flexibility index (Phi) is 42.8. The summed E-state index contributed by atoms with van der Waals surface area (Å²) in [4.78, 5) is 0. The quantitative estimate of drug-likeness (QED) is 0.217. The Labute approximate surface area is 65.9 Å². The fourth-order valence-corrected chi connectivity index (χ4v) is 0. The van der Waals surface area contributed by atoms with Gasteiger partial charge in [0.2, 0.25) is 0 Å². The standard InChI is InChI=1S/C4H9.2Li.H/c1-3-4-2;;;/h3H,4H2,1-2H3;;;/q-1;2*+1;-1. The summed E-state index contributed by atoms with van der Waals surface area (Å²) in [5, 5.41) is 0. The van der Waals surface area contributed by atoms with Gasteiger partial charge in [0.1, 0.15) is 0 Å². The van der Waals surface area contributed by atoms with Gasteiger partial charge >= 0.3 is 37.7 Å². The van der Waals surface area contributed by atoms with Crippen LogP contribution < -0.4 is 37.7 Å². The summed E-state index contributed by atoms with van der Waals surface area (Å²) in [6.07, 6.45) is 3.32. The SMILES string of the molecule is C[CH-]CC.[H-].[Li+].[Li+]. The van der Waals surface area contributed by atoms with Crippen molar-refractivity contribution in [3.05, 3.63) is 6.42 Å². The Morgan fingerprint density at radius 2 is 1.67 bits per heavy atom. The summed E-state index contributed by atoms with van der Waals surface area (Å²) < 4.78 is 0. The normalized spacial score (nSPS) is 5.00. The number of rotatable bonds is 1. The van der Waals surface area contributed by atoms with Gasteiger partial charge in [-0.05, 0) is 0 Å². The molecule has 0 aromatic rings. The van der Waals surface area contributed by atoms with E-state index in [4.69, 9.17) is 0 Å². The molecule has 6 heavy (non-hydrogen) atoms. The van der Waals surface area contributed by atoms with Crippen molar-refractivity contribution in [3.63, 3.8) is 0 Å². The van der Waals surface area contributed by atoms with E-state index >= 15 is 0 Å². The molecule has 0 bridgehead atoms. The maximum absolute atomic E-state index is 2.12. The minimum atomic E-state index is 0. The molecule has 0 saturated carbocycles. The van der Waals surface area contributed by atoms with Gasteiger partial charge in [-0.15, -0.1) is 0 Å². The van der Waals surface area contributed by atoms with Crippen LogP contribution in [-0.4, -0.2) is 0 Å². The van der Waals surface area contributed by atoms with E-state index < -0.39 is 0 Å². The van der Waals surface area contributed by atoms with Crippen LogP contribution >= 0.6 is 0 Å². The Balaban J connectivity index is -0.0000000150. The zero-order valence-electron chi connectivity index (χ0n) is 6.28. The van der Waals surface area contributed by atoms with Gasteiger partial charge in [0, 0.05) is 0 Å². The van der Waals surface area contributed by atoms with Crippen LogP contribution in [0.2, 0.25) is 0 Å². The van der Waals surface area contributed by atoms with E-state index in [0.29, 0.717) is 0 Å². The van der Waals surface area contributed by atoms with Gasteiger partial charge in [-0.3, -0.25) is 0 Å². The topological polar surface area (TPSA) is 0 Å². The third kappa shape index (κ3) is 19.0. The van der Waals surface area contributed by atoms with Crippen LogP contribution in [0.3, 0.4) is 0 Å². The fourth-order valence-electron chi connectivity index (χ4n) is 0. The molecule has 0 heterocycles. The molecule has 0 aliphatic rings. The molecule has 0 nitrogen and oxygen atoms in total. The predicted molar refractivity (Wildman–Crippen MR) is 21.4 cm³/mol. The average molecular weight is 72.0 g/mol. The largest absolute Gasteiger partial charge is 1.00 e. The van der Waals surface area contributed by atoms with Crippen molar-refractivity contribution in [1.82, 2.24) is 0 Å².